The second-order valence-electron chi connectivity index (χ2n) is 6.08. The van der Waals surface area contributed by atoms with E-state index in [4.69, 9.17) is 0 Å². The number of fused-ring (bicyclic) bond motifs is 1. The van der Waals surface area contributed by atoms with E-state index in [0.717, 1.165) is 17.2 Å². The van der Waals surface area contributed by atoms with Gasteiger partial charge >= 0.3 is 0 Å². The van der Waals surface area contributed by atoms with Gasteiger partial charge in [0.15, 0.2) is 0 Å². The van der Waals surface area contributed by atoms with E-state index in [9.17, 15) is 8.42 Å². The highest BCUT2D eigenvalue weighted by Crippen LogP contribution is 2.30. The third-order valence-corrected chi connectivity index (χ3v) is 6.59. The number of benzene rings is 2. The summed E-state index contributed by atoms with van der Waals surface area (Å²) < 4.78 is 27.6. The summed E-state index contributed by atoms with van der Waals surface area (Å²) >= 11 is 0. The first-order valence-electron chi connectivity index (χ1n) is 7.48. The summed E-state index contributed by atoms with van der Waals surface area (Å²) in [7, 11) is -3.41. The molecule has 2 aromatic carbocycles. The quantitative estimate of drug-likeness (QED) is 0.851. The molecule has 1 fully saturated rings. The molecule has 21 heavy (non-hydrogen) atoms. The lowest BCUT2D eigenvalue weighted by atomic mass is 9.90. The van der Waals surface area contributed by atoms with Gasteiger partial charge in [-0.1, -0.05) is 50.2 Å². The van der Waals surface area contributed by atoms with Crippen molar-refractivity contribution in [2.24, 2.45) is 11.8 Å². The van der Waals surface area contributed by atoms with Crippen molar-refractivity contribution in [1.29, 1.82) is 0 Å². The Morgan fingerprint density at radius 1 is 1.00 bits per heavy atom. The third kappa shape index (κ3) is 2.58. The zero-order valence-corrected chi connectivity index (χ0v) is 13.3. The molecule has 2 atom stereocenters. The second kappa shape index (κ2) is 5.43. The molecule has 3 rings (SSSR count). The highest BCUT2D eigenvalue weighted by atomic mass is 32.2. The Balaban J connectivity index is 2.05. The van der Waals surface area contributed by atoms with Crippen molar-refractivity contribution in [2.75, 3.05) is 13.1 Å². The van der Waals surface area contributed by atoms with Crippen LogP contribution >= 0.6 is 0 Å². The molecule has 1 heterocycles. The van der Waals surface area contributed by atoms with Crippen LogP contribution in [0.1, 0.15) is 20.3 Å². The van der Waals surface area contributed by atoms with Crippen molar-refractivity contribution in [3.8, 4) is 0 Å². The number of hydrogen-bond donors (Lipinski definition) is 0. The molecule has 0 saturated carbocycles. The van der Waals surface area contributed by atoms with Crippen molar-refractivity contribution in [2.45, 2.75) is 25.2 Å². The molecule has 0 aromatic heterocycles. The van der Waals surface area contributed by atoms with E-state index in [2.05, 4.69) is 13.8 Å². The van der Waals surface area contributed by atoms with E-state index in [-0.39, 0.29) is 0 Å². The lowest BCUT2D eigenvalue weighted by Crippen LogP contribution is -2.42. The zero-order chi connectivity index (χ0) is 15.0. The summed E-state index contributed by atoms with van der Waals surface area (Å²) in [4.78, 5) is 0.433. The molecule has 0 spiro atoms. The van der Waals surface area contributed by atoms with E-state index in [1.54, 1.807) is 10.4 Å². The Morgan fingerprint density at radius 3 is 2.48 bits per heavy atom. The van der Waals surface area contributed by atoms with Crippen LogP contribution in [-0.4, -0.2) is 25.8 Å². The monoisotopic (exact) mass is 303 g/mol. The molecule has 1 aliphatic heterocycles. The van der Waals surface area contributed by atoms with Crippen molar-refractivity contribution in [3.05, 3.63) is 42.5 Å². The molecule has 4 heteroatoms. The summed E-state index contributed by atoms with van der Waals surface area (Å²) in [5.74, 6) is 0.993. The maximum Gasteiger partial charge on any atom is 0.243 e. The van der Waals surface area contributed by atoms with Crippen LogP contribution in [0.3, 0.4) is 0 Å². The van der Waals surface area contributed by atoms with E-state index >= 15 is 0 Å². The Bertz CT molecular complexity index is 749. The average Bonchev–Trinajstić information content (AvgIpc) is 2.49. The van der Waals surface area contributed by atoms with Gasteiger partial charge in [0, 0.05) is 18.5 Å². The highest BCUT2D eigenvalue weighted by molar-refractivity contribution is 7.89. The van der Waals surface area contributed by atoms with Crippen molar-refractivity contribution < 1.29 is 8.42 Å². The second-order valence-corrected chi connectivity index (χ2v) is 7.99. The van der Waals surface area contributed by atoms with Gasteiger partial charge in [0.05, 0.1) is 4.90 Å². The average molecular weight is 303 g/mol. The molecular weight excluding hydrogens is 282 g/mol. The molecule has 0 amide bonds. The van der Waals surface area contributed by atoms with Crippen LogP contribution in [0.5, 0.6) is 0 Å². The first kappa shape index (κ1) is 14.5. The molecule has 0 bridgehead atoms. The smallest absolute Gasteiger partial charge is 0.207 e. The number of rotatable bonds is 2. The molecule has 0 radical (unpaired) electrons. The molecular formula is C17H21NO2S. The first-order valence-corrected chi connectivity index (χ1v) is 8.92. The molecule has 1 saturated heterocycles. The lowest BCUT2D eigenvalue weighted by molar-refractivity contribution is 0.212. The van der Waals surface area contributed by atoms with Gasteiger partial charge < -0.3 is 0 Å². The van der Waals surface area contributed by atoms with E-state index in [0.29, 0.717) is 29.8 Å². The number of sulfonamides is 1. The number of piperidine rings is 1. The van der Waals surface area contributed by atoms with Crippen molar-refractivity contribution in [3.63, 3.8) is 0 Å². The standard InChI is InChI=1S/C17H21NO2S/c1-13-10-11-18(12-14(13)2)21(19,20)17-9-5-7-15-6-3-4-8-16(15)17/h3-9,13-14H,10-12H2,1-2H3. The summed E-state index contributed by atoms with van der Waals surface area (Å²) in [5, 5.41) is 1.78. The fourth-order valence-electron chi connectivity index (χ4n) is 3.00. The van der Waals surface area contributed by atoms with Gasteiger partial charge in [0.1, 0.15) is 0 Å². The minimum atomic E-state index is -3.41. The normalized spacial score (nSPS) is 24.3. The van der Waals surface area contributed by atoms with Crippen LogP contribution < -0.4 is 0 Å². The van der Waals surface area contributed by atoms with Crippen LogP contribution in [0.2, 0.25) is 0 Å². The molecule has 2 aromatic rings. The van der Waals surface area contributed by atoms with Gasteiger partial charge in [-0.3, -0.25) is 0 Å². The maximum absolute atomic E-state index is 13.0. The van der Waals surface area contributed by atoms with Crippen LogP contribution in [0, 0.1) is 11.8 Å². The molecule has 2 unspecified atom stereocenters. The highest BCUT2D eigenvalue weighted by Gasteiger charge is 2.32. The summed E-state index contributed by atoms with van der Waals surface area (Å²) in [6, 6.07) is 13.2. The predicted molar refractivity (Wildman–Crippen MR) is 85.7 cm³/mol. The molecule has 0 aliphatic carbocycles. The fourth-order valence-corrected chi connectivity index (χ4v) is 4.77. The Labute approximate surface area is 126 Å². The molecule has 3 nitrogen and oxygen atoms in total. The third-order valence-electron chi connectivity index (χ3n) is 4.66. The number of nitrogens with zero attached hydrogens (tertiary/aromatic N) is 1. The van der Waals surface area contributed by atoms with Crippen LogP contribution in [-0.2, 0) is 10.0 Å². The molecule has 112 valence electrons. The van der Waals surface area contributed by atoms with Gasteiger partial charge in [-0.15, -0.1) is 0 Å². The van der Waals surface area contributed by atoms with Gasteiger partial charge in [0.2, 0.25) is 10.0 Å². The zero-order valence-electron chi connectivity index (χ0n) is 12.5. The van der Waals surface area contributed by atoms with Crippen LogP contribution in [0.25, 0.3) is 10.8 Å². The van der Waals surface area contributed by atoms with Crippen LogP contribution in [0.15, 0.2) is 47.4 Å². The fraction of sp³-hybridized carbons (Fsp3) is 0.412. The first-order chi connectivity index (χ1) is 10.00. The Morgan fingerprint density at radius 2 is 1.71 bits per heavy atom. The van der Waals surface area contributed by atoms with E-state index < -0.39 is 10.0 Å². The van der Waals surface area contributed by atoms with Crippen molar-refractivity contribution >= 4 is 20.8 Å². The SMILES string of the molecule is CC1CCN(S(=O)(=O)c2cccc3ccccc23)CC1C. The minimum Gasteiger partial charge on any atom is -0.207 e. The topological polar surface area (TPSA) is 37.4 Å². The van der Waals surface area contributed by atoms with E-state index in [1.165, 1.54) is 0 Å². The van der Waals surface area contributed by atoms with Crippen molar-refractivity contribution in [1.82, 2.24) is 4.31 Å². The van der Waals surface area contributed by atoms with Crippen LogP contribution in [0.4, 0.5) is 0 Å². The summed E-state index contributed by atoms with van der Waals surface area (Å²) in [5.41, 5.74) is 0. The maximum atomic E-state index is 13.0. The lowest BCUT2D eigenvalue weighted by Gasteiger charge is -2.34. The molecule has 1 aliphatic rings. The molecule has 0 N–H and O–H groups in total. The number of hydrogen-bond acceptors (Lipinski definition) is 2. The largest absolute Gasteiger partial charge is 0.243 e. The van der Waals surface area contributed by atoms with E-state index in [1.807, 2.05) is 36.4 Å². The summed E-state index contributed by atoms with van der Waals surface area (Å²) in [6.45, 7) is 5.58. The van der Waals surface area contributed by atoms with Gasteiger partial charge in [-0.25, -0.2) is 8.42 Å². The van der Waals surface area contributed by atoms with Gasteiger partial charge in [-0.05, 0) is 29.7 Å². The van der Waals surface area contributed by atoms with Gasteiger partial charge in [-0.2, -0.15) is 4.31 Å². The summed E-state index contributed by atoms with van der Waals surface area (Å²) in [6.07, 6.45) is 0.936. The minimum absolute atomic E-state index is 0.406. The van der Waals surface area contributed by atoms with Gasteiger partial charge in [0.25, 0.3) is 0 Å². The Kier molecular flexibility index (Phi) is 3.76. The predicted octanol–water partition coefficient (Wildman–Crippen LogP) is 3.51. The Hall–Kier alpha value is -1.39.